The van der Waals surface area contributed by atoms with Crippen molar-refractivity contribution in [2.45, 2.75) is 44.8 Å². The number of nitrogens with one attached hydrogen (secondary N) is 1. The van der Waals surface area contributed by atoms with Gasteiger partial charge in [-0.1, -0.05) is 6.08 Å². The summed E-state index contributed by atoms with van der Waals surface area (Å²) in [5, 5.41) is 21.1. The highest BCUT2D eigenvalue weighted by molar-refractivity contribution is 5.86. The number of nitrogens with zero attached hydrogens (tertiary/aromatic N) is 1. The van der Waals surface area contributed by atoms with Gasteiger partial charge in [-0.3, -0.25) is 9.59 Å². The molecule has 0 spiro atoms. The molecule has 0 bridgehead atoms. The van der Waals surface area contributed by atoms with Gasteiger partial charge in [0.2, 0.25) is 11.8 Å². The van der Waals surface area contributed by atoms with E-state index in [2.05, 4.69) is 11.9 Å². The van der Waals surface area contributed by atoms with Crippen LogP contribution in [0.5, 0.6) is 0 Å². The molecule has 0 aromatic carbocycles. The van der Waals surface area contributed by atoms with Crippen molar-refractivity contribution in [2.24, 2.45) is 5.92 Å². The van der Waals surface area contributed by atoms with E-state index in [1.54, 1.807) is 17.9 Å². The summed E-state index contributed by atoms with van der Waals surface area (Å²) in [5.41, 5.74) is 0. The van der Waals surface area contributed by atoms with Gasteiger partial charge >= 0.3 is 0 Å². The first kappa shape index (κ1) is 17.7. The molecule has 120 valence electrons. The maximum absolute atomic E-state index is 12.3. The molecule has 0 unspecified atom stereocenters. The number of hydrogen-bond acceptors (Lipinski definition) is 4. The van der Waals surface area contributed by atoms with Crippen LogP contribution in [0.15, 0.2) is 12.7 Å². The van der Waals surface area contributed by atoms with Crippen LogP contribution in [0.25, 0.3) is 0 Å². The van der Waals surface area contributed by atoms with Gasteiger partial charge in [0, 0.05) is 19.5 Å². The van der Waals surface area contributed by atoms with Crippen molar-refractivity contribution < 1.29 is 19.8 Å². The minimum Gasteiger partial charge on any atom is -0.394 e. The van der Waals surface area contributed by atoms with Crippen molar-refractivity contribution in [1.82, 2.24) is 10.2 Å². The van der Waals surface area contributed by atoms with Gasteiger partial charge in [0.15, 0.2) is 0 Å². The second kappa shape index (κ2) is 8.79. The fraction of sp³-hybridized carbons (Fsp3) is 0.733. The zero-order valence-electron chi connectivity index (χ0n) is 12.6. The average molecular weight is 298 g/mol. The van der Waals surface area contributed by atoms with Crippen molar-refractivity contribution >= 4 is 11.8 Å². The molecule has 0 radical (unpaired) electrons. The molecule has 21 heavy (non-hydrogen) atoms. The molecular formula is C15H26N2O4. The summed E-state index contributed by atoms with van der Waals surface area (Å²) in [6, 6.07) is -0.123. The standard InChI is InChI=1S/C15H26N2O4/c1-3-5-12(15(21)16-9-11(2)19)8-14(20)17-7-4-6-13(17)10-18/h3,11-13,18-19H,1,4-10H2,2H3,(H,16,21)/t11-,12+,13-/m0/s1. The molecule has 1 heterocycles. The van der Waals surface area contributed by atoms with Gasteiger partial charge in [-0.25, -0.2) is 0 Å². The smallest absolute Gasteiger partial charge is 0.224 e. The average Bonchev–Trinajstić information content (AvgIpc) is 2.92. The normalized spacial score (nSPS) is 20.9. The molecular weight excluding hydrogens is 272 g/mol. The zero-order chi connectivity index (χ0) is 15.8. The maximum atomic E-state index is 12.3. The van der Waals surface area contributed by atoms with Gasteiger partial charge < -0.3 is 20.4 Å². The summed E-state index contributed by atoms with van der Waals surface area (Å²) in [5.74, 6) is -0.830. The molecule has 1 rings (SSSR count). The highest BCUT2D eigenvalue weighted by atomic mass is 16.3. The molecule has 0 saturated carbocycles. The minimum absolute atomic E-state index is 0.0356. The Morgan fingerprint density at radius 1 is 1.52 bits per heavy atom. The van der Waals surface area contributed by atoms with E-state index in [1.807, 2.05) is 0 Å². The number of hydrogen-bond donors (Lipinski definition) is 3. The third-order valence-corrected chi connectivity index (χ3v) is 3.72. The van der Waals surface area contributed by atoms with Crippen LogP contribution in [0.3, 0.4) is 0 Å². The molecule has 0 aromatic rings. The molecule has 3 N–H and O–H groups in total. The van der Waals surface area contributed by atoms with E-state index in [4.69, 9.17) is 0 Å². The van der Waals surface area contributed by atoms with Crippen LogP contribution in [-0.4, -0.2) is 58.8 Å². The minimum atomic E-state index is -0.619. The van der Waals surface area contributed by atoms with Crippen LogP contribution < -0.4 is 5.32 Å². The molecule has 2 amide bonds. The Hall–Kier alpha value is -1.40. The Bertz CT molecular complexity index is 371. The lowest BCUT2D eigenvalue weighted by Gasteiger charge is -2.25. The number of aliphatic hydroxyl groups is 2. The Balaban J connectivity index is 2.58. The van der Waals surface area contributed by atoms with Crippen molar-refractivity contribution in [2.75, 3.05) is 19.7 Å². The van der Waals surface area contributed by atoms with Crippen LogP contribution in [0.2, 0.25) is 0 Å². The molecule has 1 aliphatic heterocycles. The van der Waals surface area contributed by atoms with Crippen LogP contribution in [0, 0.1) is 5.92 Å². The zero-order valence-corrected chi connectivity index (χ0v) is 12.6. The van der Waals surface area contributed by atoms with Crippen molar-refractivity contribution in [3.05, 3.63) is 12.7 Å². The van der Waals surface area contributed by atoms with E-state index in [0.717, 1.165) is 12.8 Å². The van der Waals surface area contributed by atoms with Gasteiger partial charge in [-0.05, 0) is 26.2 Å². The van der Waals surface area contributed by atoms with Gasteiger partial charge in [-0.15, -0.1) is 6.58 Å². The SMILES string of the molecule is C=CC[C@H](CC(=O)N1CCC[C@H]1CO)C(=O)NC[C@H](C)O. The second-order valence-corrected chi connectivity index (χ2v) is 5.59. The predicted octanol–water partition coefficient (Wildman–Crippen LogP) is 0.0491. The Labute approximate surface area is 125 Å². The maximum Gasteiger partial charge on any atom is 0.224 e. The number of likely N-dealkylation sites (tertiary alicyclic amines) is 1. The van der Waals surface area contributed by atoms with Crippen LogP contribution in [0.4, 0.5) is 0 Å². The highest BCUT2D eigenvalue weighted by Crippen LogP contribution is 2.20. The first-order valence-electron chi connectivity index (χ1n) is 7.46. The van der Waals surface area contributed by atoms with Crippen molar-refractivity contribution in [3.63, 3.8) is 0 Å². The summed E-state index contributed by atoms with van der Waals surface area (Å²) in [6.07, 6.45) is 3.21. The molecule has 0 aliphatic carbocycles. The first-order valence-corrected chi connectivity index (χ1v) is 7.46. The third kappa shape index (κ3) is 5.47. The lowest BCUT2D eigenvalue weighted by Crippen LogP contribution is -2.41. The summed E-state index contributed by atoms with van der Waals surface area (Å²) in [4.78, 5) is 26.0. The van der Waals surface area contributed by atoms with Gasteiger partial charge in [0.1, 0.15) is 0 Å². The van der Waals surface area contributed by atoms with E-state index in [-0.39, 0.29) is 37.4 Å². The Morgan fingerprint density at radius 3 is 2.81 bits per heavy atom. The molecule has 0 aromatic heterocycles. The third-order valence-electron chi connectivity index (χ3n) is 3.72. The van der Waals surface area contributed by atoms with E-state index >= 15 is 0 Å². The second-order valence-electron chi connectivity index (χ2n) is 5.59. The van der Waals surface area contributed by atoms with Crippen LogP contribution in [-0.2, 0) is 9.59 Å². The summed E-state index contributed by atoms with van der Waals surface area (Å²) >= 11 is 0. The topological polar surface area (TPSA) is 89.9 Å². The fourth-order valence-corrected chi connectivity index (χ4v) is 2.56. The predicted molar refractivity (Wildman–Crippen MR) is 79.4 cm³/mol. The Morgan fingerprint density at radius 2 is 2.24 bits per heavy atom. The molecule has 1 aliphatic rings. The summed E-state index contributed by atoms with van der Waals surface area (Å²) in [7, 11) is 0. The molecule has 6 heteroatoms. The molecule has 3 atom stereocenters. The van der Waals surface area contributed by atoms with Gasteiger partial charge in [0.25, 0.3) is 0 Å². The number of carbonyl (C=O) groups excluding carboxylic acids is 2. The lowest BCUT2D eigenvalue weighted by atomic mass is 9.99. The van der Waals surface area contributed by atoms with Crippen molar-refractivity contribution in [3.8, 4) is 0 Å². The van der Waals surface area contributed by atoms with Gasteiger partial charge in [-0.2, -0.15) is 0 Å². The fourth-order valence-electron chi connectivity index (χ4n) is 2.56. The number of aliphatic hydroxyl groups excluding tert-OH is 2. The Kier molecular flexibility index (Phi) is 7.39. The lowest BCUT2D eigenvalue weighted by molar-refractivity contribution is -0.137. The molecule has 1 fully saturated rings. The quantitative estimate of drug-likeness (QED) is 0.552. The van der Waals surface area contributed by atoms with Crippen LogP contribution in [0.1, 0.15) is 32.6 Å². The van der Waals surface area contributed by atoms with Gasteiger partial charge in [0.05, 0.1) is 24.7 Å². The van der Waals surface area contributed by atoms with E-state index < -0.39 is 12.0 Å². The number of rotatable bonds is 8. The number of carbonyl (C=O) groups is 2. The molecule has 1 saturated heterocycles. The van der Waals surface area contributed by atoms with Crippen molar-refractivity contribution in [1.29, 1.82) is 0 Å². The van der Waals surface area contributed by atoms with Crippen LogP contribution >= 0.6 is 0 Å². The highest BCUT2D eigenvalue weighted by Gasteiger charge is 2.30. The van der Waals surface area contributed by atoms with E-state index in [9.17, 15) is 19.8 Å². The molecule has 6 nitrogen and oxygen atoms in total. The van der Waals surface area contributed by atoms with E-state index in [0.29, 0.717) is 13.0 Å². The van der Waals surface area contributed by atoms with E-state index in [1.165, 1.54) is 0 Å². The monoisotopic (exact) mass is 298 g/mol. The number of allylic oxidation sites excluding steroid dienone is 1. The first-order chi connectivity index (χ1) is 9.99. The summed E-state index contributed by atoms with van der Waals surface area (Å²) in [6.45, 7) is 5.98. The largest absolute Gasteiger partial charge is 0.394 e. The number of amides is 2. The summed E-state index contributed by atoms with van der Waals surface area (Å²) < 4.78 is 0.